The second-order valence-electron chi connectivity index (χ2n) is 13.0. The maximum Gasteiger partial charge on any atom is 0.573 e. The minimum Gasteiger partial charge on any atom is -0.467 e. The van der Waals surface area contributed by atoms with E-state index in [1.807, 2.05) is 51.9 Å². The van der Waals surface area contributed by atoms with Gasteiger partial charge in [-0.05, 0) is 72.2 Å². The van der Waals surface area contributed by atoms with E-state index in [9.17, 15) is 27.6 Å². The molecule has 0 saturated carbocycles. The van der Waals surface area contributed by atoms with Crippen molar-refractivity contribution < 1.29 is 37.0 Å². The third-order valence-electron chi connectivity index (χ3n) is 10.1. The molecule has 3 heterocycles. The Labute approximate surface area is 282 Å². The number of rotatable bonds is 8. The quantitative estimate of drug-likeness (QED) is 0.208. The standard InChI is InChI=1S/C38H36F3N3O5/c1-48-36(47)37(22-25-10-4-2-5-11-25)33-28(24-44(37)34(45)27-12-6-3-7-13-27)20-31-30(33)21-32(35(46)42-18-8-9-19-42)43(31)23-26-14-16-29(17-15-26)49-38(39,40)41/h2-7,10-17,21,28,33H,8-9,18-20,22-24H2,1H3/t28?,33?,37-/m1/s1. The molecule has 3 aliphatic rings. The zero-order valence-electron chi connectivity index (χ0n) is 27.0. The van der Waals surface area contributed by atoms with Gasteiger partial charge in [-0.3, -0.25) is 9.59 Å². The fourth-order valence-electron chi connectivity index (χ4n) is 8.13. The van der Waals surface area contributed by atoms with Gasteiger partial charge < -0.3 is 23.8 Å². The molecule has 254 valence electrons. The molecular weight excluding hydrogens is 635 g/mol. The summed E-state index contributed by atoms with van der Waals surface area (Å²) >= 11 is 0. The van der Waals surface area contributed by atoms with Crippen molar-refractivity contribution in [2.75, 3.05) is 26.7 Å². The Bertz CT molecular complexity index is 1850. The van der Waals surface area contributed by atoms with Crippen molar-refractivity contribution in [2.45, 2.75) is 50.0 Å². The Kier molecular flexibility index (Phi) is 8.46. The molecule has 0 N–H and O–H groups in total. The fraction of sp³-hybridized carbons (Fsp3) is 0.342. The van der Waals surface area contributed by atoms with E-state index in [0.29, 0.717) is 42.9 Å². The van der Waals surface area contributed by atoms with E-state index in [2.05, 4.69) is 4.74 Å². The van der Waals surface area contributed by atoms with Crippen molar-refractivity contribution in [3.05, 3.63) is 125 Å². The number of likely N-dealkylation sites (tertiary alicyclic amines) is 2. The van der Waals surface area contributed by atoms with E-state index in [1.54, 1.807) is 41.3 Å². The van der Waals surface area contributed by atoms with Crippen LogP contribution in [0.1, 0.15) is 62.0 Å². The molecule has 49 heavy (non-hydrogen) atoms. The number of aromatic nitrogens is 1. The van der Waals surface area contributed by atoms with E-state index >= 15 is 0 Å². The minimum absolute atomic E-state index is 0.137. The lowest BCUT2D eigenvalue weighted by Crippen LogP contribution is -2.58. The van der Waals surface area contributed by atoms with E-state index < -0.39 is 23.8 Å². The molecule has 2 amide bonds. The van der Waals surface area contributed by atoms with Crippen LogP contribution < -0.4 is 4.74 Å². The molecule has 8 nitrogen and oxygen atoms in total. The molecule has 3 aromatic carbocycles. The lowest BCUT2D eigenvalue weighted by Gasteiger charge is -2.40. The highest BCUT2D eigenvalue weighted by Crippen LogP contribution is 2.55. The van der Waals surface area contributed by atoms with Crippen LogP contribution in [0.4, 0.5) is 13.2 Å². The zero-order chi connectivity index (χ0) is 34.3. The van der Waals surface area contributed by atoms with Crippen LogP contribution >= 0.6 is 0 Å². The summed E-state index contributed by atoms with van der Waals surface area (Å²) in [6.07, 6.45) is -2.31. The van der Waals surface area contributed by atoms with Crippen molar-refractivity contribution in [1.82, 2.24) is 14.4 Å². The Morgan fingerprint density at radius 3 is 2.14 bits per heavy atom. The largest absolute Gasteiger partial charge is 0.573 e. The summed E-state index contributed by atoms with van der Waals surface area (Å²) in [4.78, 5) is 46.2. The van der Waals surface area contributed by atoms with Gasteiger partial charge in [-0.2, -0.15) is 0 Å². The van der Waals surface area contributed by atoms with Gasteiger partial charge in [-0.15, -0.1) is 13.2 Å². The molecule has 0 bridgehead atoms. The van der Waals surface area contributed by atoms with Gasteiger partial charge in [0.15, 0.2) is 5.54 Å². The van der Waals surface area contributed by atoms with Crippen LogP contribution in [-0.4, -0.2) is 70.8 Å². The van der Waals surface area contributed by atoms with Crippen LogP contribution in [0.3, 0.4) is 0 Å². The topological polar surface area (TPSA) is 81.1 Å². The fourth-order valence-corrected chi connectivity index (χ4v) is 8.13. The van der Waals surface area contributed by atoms with E-state index in [4.69, 9.17) is 4.74 Å². The van der Waals surface area contributed by atoms with Gasteiger partial charge in [0.1, 0.15) is 11.4 Å². The second kappa shape index (κ2) is 12.8. The van der Waals surface area contributed by atoms with Crippen LogP contribution in [0, 0.1) is 5.92 Å². The highest BCUT2D eigenvalue weighted by Gasteiger charge is 2.64. The average molecular weight is 672 g/mol. The molecule has 7 rings (SSSR count). The number of ether oxygens (including phenoxy) is 2. The summed E-state index contributed by atoms with van der Waals surface area (Å²) in [5.74, 6) is -1.89. The lowest BCUT2D eigenvalue weighted by atomic mass is 9.75. The number of carbonyl (C=O) groups is 3. The monoisotopic (exact) mass is 671 g/mol. The lowest BCUT2D eigenvalue weighted by molar-refractivity contribution is -0.274. The van der Waals surface area contributed by atoms with Crippen LogP contribution in [0.2, 0.25) is 0 Å². The number of nitrogens with zero attached hydrogens (tertiary/aromatic N) is 3. The predicted molar refractivity (Wildman–Crippen MR) is 174 cm³/mol. The molecule has 1 aromatic heterocycles. The van der Waals surface area contributed by atoms with Gasteiger partial charge >= 0.3 is 12.3 Å². The molecule has 3 atom stereocenters. The Morgan fingerprint density at radius 2 is 1.51 bits per heavy atom. The van der Waals surface area contributed by atoms with Crippen LogP contribution in [0.25, 0.3) is 0 Å². The van der Waals surface area contributed by atoms with Crippen molar-refractivity contribution >= 4 is 17.8 Å². The Morgan fingerprint density at radius 1 is 0.857 bits per heavy atom. The number of hydrogen-bond acceptors (Lipinski definition) is 5. The first-order chi connectivity index (χ1) is 23.6. The Hall–Kier alpha value is -5.06. The van der Waals surface area contributed by atoms with Crippen LogP contribution in [0.15, 0.2) is 91.0 Å². The first-order valence-corrected chi connectivity index (χ1v) is 16.4. The van der Waals surface area contributed by atoms with Crippen molar-refractivity contribution in [3.8, 4) is 5.75 Å². The smallest absolute Gasteiger partial charge is 0.467 e. The van der Waals surface area contributed by atoms with Gasteiger partial charge in [0.05, 0.1) is 7.11 Å². The molecule has 1 aliphatic carbocycles. The molecule has 2 unspecified atom stereocenters. The maximum absolute atomic E-state index is 14.3. The molecular formula is C38H36F3N3O5. The molecule has 0 radical (unpaired) electrons. The summed E-state index contributed by atoms with van der Waals surface area (Å²) in [6.45, 7) is 1.79. The predicted octanol–water partition coefficient (Wildman–Crippen LogP) is 6.24. The number of carbonyl (C=O) groups excluding carboxylic acids is 3. The molecule has 4 aromatic rings. The molecule has 2 saturated heterocycles. The third kappa shape index (κ3) is 5.95. The van der Waals surface area contributed by atoms with E-state index in [0.717, 1.165) is 29.7 Å². The zero-order valence-corrected chi connectivity index (χ0v) is 27.0. The summed E-state index contributed by atoms with van der Waals surface area (Å²) in [5.41, 5.74) is 2.74. The van der Waals surface area contributed by atoms with Gasteiger partial charge in [-0.25, -0.2) is 4.79 Å². The van der Waals surface area contributed by atoms with E-state index in [1.165, 1.54) is 19.2 Å². The molecule has 11 heteroatoms. The summed E-state index contributed by atoms with van der Waals surface area (Å²) in [7, 11) is 1.34. The summed E-state index contributed by atoms with van der Waals surface area (Å²) in [6, 6.07) is 25.9. The van der Waals surface area contributed by atoms with Crippen LogP contribution in [0.5, 0.6) is 5.75 Å². The van der Waals surface area contributed by atoms with Gasteiger partial charge in [0.2, 0.25) is 0 Å². The van der Waals surface area contributed by atoms with Crippen molar-refractivity contribution in [1.29, 1.82) is 0 Å². The van der Waals surface area contributed by atoms with Crippen LogP contribution in [-0.2, 0) is 28.9 Å². The summed E-state index contributed by atoms with van der Waals surface area (Å²) in [5, 5.41) is 0. The van der Waals surface area contributed by atoms with E-state index in [-0.39, 0.29) is 36.4 Å². The van der Waals surface area contributed by atoms with Crippen molar-refractivity contribution in [3.63, 3.8) is 0 Å². The van der Waals surface area contributed by atoms with Gasteiger partial charge in [0.25, 0.3) is 11.8 Å². The van der Waals surface area contributed by atoms with Gasteiger partial charge in [0, 0.05) is 49.8 Å². The number of methoxy groups -OCH3 is 1. The maximum atomic E-state index is 14.3. The van der Waals surface area contributed by atoms with Crippen molar-refractivity contribution in [2.24, 2.45) is 5.92 Å². The number of hydrogen-bond donors (Lipinski definition) is 0. The highest BCUT2D eigenvalue weighted by atomic mass is 19.4. The minimum atomic E-state index is -4.81. The average Bonchev–Trinajstić information content (AvgIpc) is 3.88. The molecule has 2 fully saturated rings. The SMILES string of the molecule is COC(=O)[C@@]1(Cc2ccccc2)C2c3cc(C(=O)N4CCCC4)n(Cc4ccc(OC(F)(F)F)cc4)c3CC2CN1C(=O)c1ccccc1. The molecule has 2 aliphatic heterocycles. The third-order valence-corrected chi connectivity index (χ3v) is 10.1. The number of alkyl halides is 3. The first-order valence-electron chi connectivity index (χ1n) is 16.4. The highest BCUT2D eigenvalue weighted by molar-refractivity contribution is 6.00. The number of esters is 1. The number of amides is 2. The summed E-state index contributed by atoms with van der Waals surface area (Å²) < 4.78 is 50.1. The normalized spacial score (nSPS) is 21.4. The number of fused-ring (bicyclic) bond motifs is 3. The number of benzene rings is 3. The Balaban J connectivity index is 1.35. The first kappa shape index (κ1) is 32.5. The number of halogens is 3. The second-order valence-corrected chi connectivity index (χ2v) is 13.0. The van der Waals surface area contributed by atoms with Gasteiger partial charge in [-0.1, -0.05) is 60.7 Å². The molecule has 0 spiro atoms.